The van der Waals surface area contributed by atoms with E-state index in [1.807, 2.05) is 40.1 Å². The van der Waals surface area contributed by atoms with E-state index in [2.05, 4.69) is 36.9 Å². The predicted molar refractivity (Wildman–Crippen MR) is 141 cm³/mol. The molecule has 3 fully saturated rings. The Morgan fingerprint density at radius 2 is 1.39 bits per heavy atom. The Morgan fingerprint density at radius 3 is 2.08 bits per heavy atom. The third-order valence-corrected chi connectivity index (χ3v) is 8.21. The summed E-state index contributed by atoms with van der Waals surface area (Å²) < 4.78 is 0. The number of amides is 3. The zero-order chi connectivity index (χ0) is 25.2. The maximum Gasteiger partial charge on any atom is 0.228 e. The van der Waals surface area contributed by atoms with Crippen molar-refractivity contribution in [3.05, 3.63) is 59.7 Å². The second-order valence-electron chi connectivity index (χ2n) is 10.4. The SMILES string of the molecule is Cc1cccc(N2CCN(C(=O)C3CCN(C(=O)C4CC(=O)N(c5ccccc5)C4)CC3)CC2)c1C. The van der Waals surface area contributed by atoms with E-state index in [1.165, 1.54) is 16.8 Å². The molecule has 36 heavy (non-hydrogen) atoms. The van der Waals surface area contributed by atoms with Crippen molar-refractivity contribution >= 4 is 29.1 Å². The summed E-state index contributed by atoms with van der Waals surface area (Å²) in [7, 11) is 0. The van der Waals surface area contributed by atoms with E-state index < -0.39 is 0 Å². The van der Waals surface area contributed by atoms with Gasteiger partial charge in [0, 0.05) is 69.5 Å². The summed E-state index contributed by atoms with van der Waals surface area (Å²) in [5.74, 6) is -0.0381. The van der Waals surface area contributed by atoms with E-state index in [0.717, 1.165) is 31.9 Å². The molecule has 1 atom stereocenters. The van der Waals surface area contributed by atoms with E-state index in [0.29, 0.717) is 32.5 Å². The van der Waals surface area contributed by atoms with Crippen LogP contribution in [0, 0.1) is 25.7 Å². The van der Waals surface area contributed by atoms with E-state index in [4.69, 9.17) is 0 Å². The van der Waals surface area contributed by atoms with Crippen LogP contribution in [0.15, 0.2) is 48.5 Å². The summed E-state index contributed by atoms with van der Waals surface area (Å²) in [6.45, 7) is 9.10. The molecule has 0 radical (unpaired) electrons. The Morgan fingerprint density at radius 1 is 0.750 bits per heavy atom. The first kappa shape index (κ1) is 24.3. The van der Waals surface area contributed by atoms with Crippen LogP contribution in [0.4, 0.5) is 11.4 Å². The summed E-state index contributed by atoms with van der Waals surface area (Å²) in [6, 6.07) is 16.0. The van der Waals surface area contributed by atoms with Gasteiger partial charge in [0.25, 0.3) is 0 Å². The van der Waals surface area contributed by atoms with Crippen LogP contribution >= 0.6 is 0 Å². The van der Waals surface area contributed by atoms with Gasteiger partial charge in [-0.15, -0.1) is 0 Å². The minimum Gasteiger partial charge on any atom is -0.368 e. The van der Waals surface area contributed by atoms with Crippen molar-refractivity contribution in [3.8, 4) is 0 Å². The number of para-hydroxylation sites is 1. The Bertz CT molecular complexity index is 1120. The monoisotopic (exact) mass is 488 g/mol. The molecular formula is C29H36N4O3. The highest BCUT2D eigenvalue weighted by Gasteiger charge is 2.39. The molecular weight excluding hydrogens is 452 g/mol. The second-order valence-corrected chi connectivity index (χ2v) is 10.4. The smallest absolute Gasteiger partial charge is 0.228 e. The average molecular weight is 489 g/mol. The number of carbonyl (C=O) groups is 3. The quantitative estimate of drug-likeness (QED) is 0.663. The fourth-order valence-electron chi connectivity index (χ4n) is 5.84. The standard InChI is InChI=1S/C29H36N4O3/c1-21-7-6-10-26(22(21)2)30-15-17-32(18-16-30)28(35)23-11-13-31(14-12-23)29(36)24-19-27(34)33(20-24)25-8-4-3-5-9-25/h3-10,23-24H,11-20H2,1-2H3. The molecule has 5 rings (SSSR count). The van der Waals surface area contributed by atoms with E-state index in [1.54, 1.807) is 4.90 Å². The van der Waals surface area contributed by atoms with Gasteiger partial charge >= 0.3 is 0 Å². The third kappa shape index (κ3) is 4.84. The molecule has 2 aromatic rings. The molecule has 1 unspecified atom stereocenters. The molecule has 3 heterocycles. The second kappa shape index (κ2) is 10.3. The van der Waals surface area contributed by atoms with Crippen molar-refractivity contribution in [1.82, 2.24) is 9.80 Å². The van der Waals surface area contributed by atoms with Gasteiger partial charge in [0.2, 0.25) is 17.7 Å². The van der Waals surface area contributed by atoms with Crippen molar-refractivity contribution in [2.45, 2.75) is 33.1 Å². The first-order valence-corrected chi connectivity index (χ1v) is 13.2. The third-order valence-electron chi connectivity index (χ3n) is 8.21. The molecule has 0 aromatic heterocycles. The normalized spacial score (nSPS) is 21.3. The van der Waals surface area contributed by atoms with Crippen LogP contribution in [0.5, 0.6) is 0 Å². The fraction of sp³-hybridized carbons (Fsp3) is 0.483. The van der Waals surface area contributed by atoms with Crippen LogP contribution in [-0.4, -0.2) is 73.3 Å². The summed E-state index contributed by atoms with van der Waals surface area (Å²) in [6.07, 6.45) is 1.66. The van der Waals surface area contributed by atoms with Crippen LogP contribution < -0.4 is 9.80 Å². The maximum atomic E-state index is 13.2. The molecule has 190 valence electrons. The van der Waals surface area contributed by atoms with Gasteiger partial charge in [-0.2, -0.15) is 0 Å². The molecule has 3 aliphatic heterocycles. The lowest BCUT2D eigenvalue weighted by Gasteiger charge is -2.40. The minimum atomic E-state index is -0.303. The van der Waals surface area contributed by atoms with Crippen molar-refractivity contribution in [3.63, 3.8) is 0 Å². The largest absolute Gasteiger partial charge is 0.368 e. The van der Waals surface area contributed by atoms with Crippen LogP contribution in [0.1, 0.15) is 30.4 Å². The minimum absolute atomic E-state index is 0.00427. The van der Waals surface area contributed by atoms with Gasteiger partial charge < -0.3 is 19.6 Å². The molecule has 3 aliphatic rings. The highest BCUT2D eigenvalue weighted by molar-refractivity contribution is 6.00. The molecule has 0 N–H and O–H groups in total. The number of hydrogen-bond donors (Lipinski definition) is 0. The number of nitrogens with zero attached hydrogens (tertiary/aromatic N) is 4. The maximum absolute atomic E-state index is 13.2. The Kier molecular flexibility index (Phi) is 6.99. The highest BCUT2D eigenvalue weighted by atomic mass is 16.2. The number of rotatable bonds is 4. The van der Waals surface area contributed by atoms with Crippen molar-refractivity contribution in [2.24, 2.45) is 11.8 Å². The van der Waals surface area contributed by atoms with Crippen molar-refractivity contribution in [2.75, 3.05) is 55.6 Å². The number of likely N-dealkylation sites (tertiary alicyclic amines) is 1. The van der Waals surface area contributed by atoms with E-state index >= 15 is 0 Å². The number of piperidine rings is 1. The van der Waals surface area contributed by atoms with Crippen LogP contribution in [0.3, 0.4) is 0 Å². The van der Waals surface area contributed by atoms with Crippen LogP contribution in [0.2, 0.25) is 0 Å². The van der Waals surface area contributed by atoms with Gasteiger partial charge in [0.1, 0.15) is 0 Å². The lowest BCUT2D eigenvalue weighted by Crippen LogP contribution is -2.52. The molecule has 0 saturated carbocycles. The van der Waals surface area contributed by atoms with Gasteiger partial charge in [-0.25, -0.2) is 0 Å². The molecule has 0 aliphatic carbocycles. The van der Waals surface area contributed by atoms with E-state index in [9.17, 15) is 14.4 Å². The Labute approximate surface area is 213 Å². The first-order valence-electron chi connectivity index (χ1n) is 13.2. The summed E-state index contributed by atoms with van der Waals surface area (Å²) in [5, 5.41) is 0. The highest BCUT2D eigenvalue weighted by Crippen LogP contribution is 2.29. The Hall–Kier alpha value is -3.35. The lowest BCUT2D eigenvalue weighted by atomic mass is 9.93. The molecule has 0 bridgehead atoms. The summed E-state index contributed by atoms with van der Waals surface area (Å²) in [4.78, 5) is 46.9. The molecule has 0 spiro atoms. The van der Waals surface area contributed by atoms with Gasteiger partial charge in [0.15, 0.2) is 0 Å². The number of hydrogen-bond acceptors (Lipinski definition) is 4. The van der Waals surface area contributed by atoms with Gasteiger partial charge in [-0.3, -0.25) is 14.4 Å². The van der Waals surface area contributed by atoms with E-state index in [-0.39, 0.29) is 36.0 Å². The molecule has 2 aromatic carbocycles. The molecule has 3 saturated heterocycles. The van der Waals surface area contributed by atoms with Crippen molar-refractivity contribution < 1.29 is 14.4 Å². The number of benzene rings is 2. The zero-order valence-corrected chi connectivity index (χ0v) is 21.4. The fourth-order valence-corrected chi connectivity index (χ4v) is 5.84. The summed E-state index contributed by atoms with van der Waals surface area (Å²) in [5.41, 5.74) is 4.72. The molecule has 7 nitrogen and oxygen atoms in total. The molecule has 3 amide bonds. The number of piperazine rings is 1. The van der Waals surface area contributed by atoms with Gasteiger partial charge in [-0.05, 0) is 56.0 Å². The van der Waals surface area contributed by atoms with Crippen molar-refractivity contribution in [1.29, 1.82) is 0 Å². The topological polar surface area (TPSA) is 64.2 Å². The number of anilines is 2. The molecule has 7 heteroatoms. The van der Waals surface area contributed by atoms with Gasteiger partial charge in [0.05, 0.1) is 5.92 Å². The predicted octanol–water partition coefficient (Wildman–Crippen LogP) is 3.24. The number of aryl methyl sites for hydroxylation is 1. The lowest BCUT2D eigenvalue weighted by molar-refractivity contribution is -0.142. The van der Waals surface area contributed by atoms with Gasteiger partial charge in [-0.1, -0.05) is 30.3 Å². The first-order chi connectivity index (χ1) is 17.4. The zero-order valence-electron chi connectivity index (χ0n) is 21.4. The van der Waals surface area contributed by atoms with Crippen LogP contribution in [0.25, 0.3) is 0 Å². The number of carbonyl (C=O) groups excluding carboxylic acids is 3. The summed E-state index contributed by atoms with van der Waals surface area (Å²) >= 11 is 0. The Balaban J connectivity index is 1.11. The average Bonchev–Trinajstić information content (AvgIpc) is 3.31. The van der Waals surface area contributed by atoms with Crippen LogP contribution in [-0.2, 0) is 14.4 Å².